The summed E-state index contributed by atoms with van der Waals surface area (Å²) in [6.45, 7) is 7.00. The minimum atomic E-state index is 0.360. The second-order valence-corrected chi connectivity index (χ2v) is 5.94. The molecular weight excluding hydrogens is 238 g/mol. The van der Waals surface area contributed by atoms with Gasteiger partial charge in [-0.2, -0.15) is 0 Å². The second-order valence-electron chi connectivity index (χ2n) is 5.94. The van der Waals surface area contributed by atoms with Crippen LogP contribution in [0.25, 0.3) is 0 Å². The molecule has 104 valence electrons. The molecule has 1 aliphatic heterocycles. The van der Waals surface area contributed by atoms with Gasteiger partial charge in [-0.25, -0.2) is 9.97 Å². The molecule has 19 heavy (non-hydrogen) atoms. The Kier molecular flexibility index (Phi) is 3.69. The minimum Gasteiger partial charge on any atom is -0.376 e. The van der Waals surface area contributed by atoms with E-state index in [0.717, 1.165) is 43.0 Å². The molecule has 2 heterocycles. The fourth-order valence-electron chi connectivity index (χ4n) is 2.66. The number of hydrogen-bond donors (Lipinski definition) is 0. The maximum absolute atomic E-state index is 6.02. The number of aryl methyl sites for hydroxylation is 2. The quantitative estimate of drug-likeness (QED) is 0.834. The highest BCUT2D eigenvalue weighted by Crippen LogP contribution is 2.30. The van der Waals surface area contributed by atoms with E-state index in [1.54, 1.807) is 0 Å². The lowest BCUT2D eigenvalue weighted by Crippen LogP contribution is -2.41. The monoisotopic (exact) mass is 261 g/mol. The summed E-state index contributed by atoms with van der Waals surface area (Å²) < 4.78 is 6.02. The van der Waals surface area contributed by atoms with Gasteiger partial charge in [0.05, 0.1) is 6.10 Å². The summed E-state index contributed by atoms with van der Waals surface area (Å²) in [5, 5.41) is 0. The molecule has 0 bridgehead atoms. The van der Waals surface area contributed by atoms with Gasteiger partial charge in [-0.15, -0.1) is 0 Å². The summed E-state index contributed by atoms with van der Waals surface area (Å²) in [5.41, 5.74) is 2.09. The van der Waals surface area contributed by atoms with Gasteiger partial charge in [-0.1, -0.05) is 0 Å². The van der Waals surface area contributed by atoms with E-state index in [4.69, 9.17) is 4.74 Å². The SMILES string of the molecule is Cc1cc(C)nc(N2CCC[C@@H](OCC3CC3)C2)n1. The maximum atomic E-state index is 6.02. The fraction of sp³-hybridized carbons (Fsp3) is 0.733. The van der Waals surface area contributed by atoms with E-state index in [1.807, 2.05) is 19.9 Å². The highest BCUT2D eigenvalue weighted by Gasteiger charge is 2.26. The first-order valence-electron chi connectivity index (χ1n) is 7.39. The predicted octanol–water partition coefficient (Wildman–Crippen LogP) is 2.49. The van der Waals surface area contributed by atoms with E-state index in [1.165, 1.54) is 25.7 Å². The van der Waals surface area contributed by atoms with Crippen LogP contribution in [-0.4, -0.2) is 35.8 Å². The van der Waals surface area contributed by atoms with Crippen molar-refractivity contribution in [1.29, 1.82) is 0 Å². The highest BCUT2D eigenvalue weighted by atomic mass is 16.5. The average Bonchev–Trinajstić information content (AvgIpc) is 3.20. The first kappa shape index (κ1) is 12.9. The van der Waals surface area contributed by atoms with Crippen LogP contribution in [0.1, 0.15) is 37.1 Å². The van der Waals surface area contributed by atoms with Gasteiger partial charge in [0.25, 0.3) is 0 Å². The van der Waals surface area contributed by atoms with Crippen LogP contribution in [0.5, 0.6) is 0 Å². The molecule has 1 atom stereocenters. The standard InChI is InChI=1S/C15H23N3O/c1-11-8-12(2)17-15(16-11)18-7-3-4-14(9-18)19-10-13-5-6-13/h8,13-14H,3-7,9-10H2,1-2H3/t14-/m1/s1. The zero-order chi connectivity index (χ0) is 13.2. The lowest BCUT2D eigenvalue weighted by Gasteiger charge is -2.33. The van der Waals surface area contributed by atoms with Crippen LogP contribution in [0.2, 0.25) is 0 Å². The lowest BCUT2D eigenvalue weighted by atomic mass is 10.1. The molecule has 2 fully saturated rings. The minimum absolute atomic E-state index is 0.360. The predicted molar refractivity (Wildman–Crippen MR) is 75.4 cm³/mol. The number of aromatic nitrogens is 2. The first-order valence-corrected chi connectivity index (χ1v) is 7.39. The molecular formula is C15H23N3O. The average molecular weight is 261 g/mol. The number of hydrogen-bond acceptors (Lipinski definition) is 4. The van der Waals surface area contributed by atoms with E-state index in [9.17, 15) is 0 Å². The zero-order valence-corrected chi connectivity index (χ0v) is 11.9. The third-order valence-electron chi connectivity index (χ3n) is 3.90. The van der Waals surface area contributed by atoms with E-state index in [-0.39, 0.29) is 0 Å². The van der Waals surface area contributed by atoms with Crippen LogP contribution in [0.3, 0.4) is 0 Å². The van der Waals surface area contributed by atoms with Crippen molar-refractivity contribution in [3.05, 3.63) is 17.5 Å². The van der Waals surface area contributed by atoms with Crippen LogP contribution in [-0.2, 0) is 4.74 Å². The summed E-state index contributed by atoms with van der Waals surface area (Å²) in [6.07, 6.45) is 5.42. The van der Waals surface area contributed by atoms with Crippen LogP contribution < -0.4 is 4.90 Å². The Morgan fingerprint density at radius 3 is 2.63 bits per heavy atom. The molecule has 3 rings (SSSR count). The van der Waals surface area contributed by atoms with Gasteiger partial charge in [-0.3, -0.25) is 0 Å². The van der Waals surface area contributed by atoms with E-state index >= 15 is 0 Å². The zero-order valence-electron chi connectivity index (χ0n) is 11.9. The lowest BCUT2D eigenvalue weighted by molar-refractivity contribution is 0.0366. The van der Waals surface area contributed by atoms with Gasteiger partial charge >= 0.3 is 0 Å². The van der Waals surface area contributed by atoms with E-state index < -0.39 is 0 Å². The summed E-state index contributed by atoms with van der Waals surface area (Å²) >= 11 is 0. The molecule has 2 aliphatic rings. The molecule has 1 aromatic rings. The van der Waals surface area contributed by atoms with Crippen molar-refractivity contribution in [2.24, 2.45) is 5.92 Å². The number of piperidine rings is 1. The topological polar surface area (TPSA) is 38.2 Å². The Balaban J connectivity index is 1.62. The van der Waals surface area contributed by atoms with Crippen LogP contribution in [0, 0.1) is 19.8 Å². The molecule has 4 heteroatoms. The van der Waals surface area contributed by atoms with Crippen LogP contribution in [0.15, 0.2) is 6.07 Å². The van der Waals surface area contributed by atoms with Gasteiger partial charge in [0, 0.05) is 31.1 Å². The molecule has 0 N–H and O–H groups in total. The molecule has 4 nitrogen and oxygen atoms in total. The molecule has 0 aromatic carbocycles. The molecule has 1 saturated carbocycles. The Morgan fingerprint density at radius 2 is 1.95 bits per heavy atom. The largest absolute Gasteiger partial charge is 0.376 e. The highest BCUT2D eigenvalue weighted by molar-refractivity contribution is 5.33. The summed E-state index contributed by atoms with van der Waals surface area (Å²) in [6, 6.07) is 2.02. The van der Waals surface area contributed by atoms with Crippen molar-refractivity contribution in [1.82, 2.24) is 9.97 Å². The Hall–Kier alpha value is -1.16. The van der Waals surface area contributed by atoms with Gasteiger partial charge in [0.1, 0.15) is 0 Å². The molecule has 0 spiro atoms. The molecule has 0 radical (unpaired) electrons. The Labute approximate surface area is 115 Å². The summed E-state index contributed by atoms with van der Waals surface area (Å²) in [4.78, 5) is 11.4. The van der Waals surface area contributed by atoms with Gasteiger partial charge in [0.15, 0.2) is 0 Å². The maximum Gasteiger partial charge on any atom is 0.225 e. The van der Waals surface area contributed by atoms with Crippen molar-refractivity contribution in [3.63, 3.8) is 0 Å². The molecule has 1 aromatic heterocycles. The van der Waals surface area contributed by atoms with Crippen molar-refractivity contribution in [2.45, 2.75) is 45.6 Å². The molecule has 0 unspecified atom stereocenters. The Morgan fingerprint density at radius 1 is 1.21 bits per heavy atom. The van der Waals surface area contributed by atoms with Crippen molar-refractivity contribution < 1.29 is 4.74 Å². The van der Waals surface area contributed by atoms with Crippen molar-refractivity contribution in [2.75, 3.05) is 24.6 Å². The fourth-order valence-corrected chi connectivity index (χ4v) is 2.66. The van der Waals surface area contributed by atoms with Crippen molar-refractivity contribution in [3.8, 4) is 0 Å². The van der Waals surface area contributed by atoms with Crippen molar-refractivity contribution >= 4 is 5.95 Å². The number of nitrogens with zero attached hydrogens (tertiary/aromatic N) is 3. The third kappa shape index (κ3) is 3.44. The van der Waals surface area contributed by atoms with Crippen LogP contribution >= 0.6 is 0 Å². The summed E-state index contributed by atoms with van der Waals surface area (Å²) in [7, 11) is 0. The number of rotatable bonds is 4. The normalized spacial score (nSPS) is 23.7. The molecule has 1 saturated heterocycles. The van der Waals surface area contributed by atoms with Gasteiger partial charge in [-0.05, 0) is 51.5 Å². The Bertz CT molecular complexity index is 425. The van der Waals surface area contributed by atoms with Gasteiger partial charge < -0.3 is 9.64 Å². The smallest absolute Gasteiger partial charge is 0.225 e. The number of anilines is 1. The third-order valence-corrected chi connectivity index (χ3v) is 3.90. The summed E-state index contributed by atoms with van der Waals surface area (Å²) in [5.74, 6) is 1.71. The number of ether oxygens (including phenoxy) is 1. The molecule has 1 aliphatic carbocycles. The first-order chi connectivity index (χ1) is 9.20. The van der Waals surface area contributed by atoms with E-state index in [2.05, 4.69) is 14.9 Å². The molecule has 0 amide bonds. The second kappa shape index (κ2) is 5.45. The van der Waals surface area contributed by atoms with Gasteiger partial charge in [0.2, 0.25) is 5.95 Å². The van der Waals surface area contributed by atoms with E-state index in [0.29, 0.717) is 6.10 Å². The van der Waals surface area contributed by atoms with Crippen LogP contribution in [0.4, 0.5) is 5.95 Å².